The third kappa shape index (κ3) is 3.28. The fraction of sp³-hybridized carbons (Fsp3) is 0.370. The number of carbonyl (C=O) groups is 1. The smallest absolute Gasteiger partial charge is 0.343 e. The molecule has 4 atom stereocenters. The first kappa shape index (κ1) is 23.4. The van der Waals surface area contributed by atoms with Gasteiger partial charge in [-0.25, -0.2) is 4.79 Å². The highest BCUT2D eigenvalue weighted by Gasteiger charge is 2.66. The first-order valence-electron chi connectivity index (χ1n) is 12.0. The third-order valence-electron chi connectivity index (χ3n) is 7.70. The lowest BCUT2D eigenvalue weighted by Gasteiger charge is -2.39. The van der Waals surface area contributed by atoms with Gasteiger partial charge < -0.3 is 40.0 Å². The molecule has 36 heavy (non-hydrogen) atoms. The second kappa shape index (κ2) is 8.24. The largest absolute Gasteiger partial charge is 0.422 e. The molecule has 0 radical (unpaired) electrons. The normalized spacial score (nSPS) is 27.9. The minimum absolute atomic E-state index is 0.0682. The van der Waals surface area contributed by atoms with Gasteiger partial charge in [0, 0.05) is 0 Å². The molecule has 1 saturated heterocycles. The number of aromatic amines is 1. The number of nitrogens with one attached hydrogen (secondary N) is 1. The Bertz CT molecular complexity index is 1490. The molecule has 188 valence electrons. The van der Waals surface area contributed by atoms with Gasteiger partial charge in [0.1, 0.15) is 17.8 Å². The summed E-state index contributed by atoms with van der Waals surface area (Å²) in [5, 5.41) is 57.3. The van der Waals surface area contributed by atoms with Crippen molar-refractivity contribution >= 4 is 38.4 Å². The molecule has 1 aliphatic heterocycles. The van der Waals surface area contributed by atoms with Crippen LogP contribution in [0.1, 0.15) is 31.4 Å². The number of carbonyl (C=O) groups excluding carboxylic acids is 1. The Kier molecular flexibility index (Phi) is 5.34. The molecule has 4 unspecified atom stereocenters. The number of benzene rings is 3. The second-order valence-electron chi connectivity index (χ2n) is 9.83. The maximum Gasteiger partial charge on any atom is 0.343 e. The van der Waals surface area contributed by atoms with Crippen LogP contribution < -0.4 is 4.74 Å². The van der Waals surface area contributed by atoms with Crippen LogP contribution in [0.25, 0.3) is 32.4 Å². The van der Waals surface area contributed by atoms with E-state index >= 15 is 0 Å². The molecule has 1 saturated carbocycles. The molecule has 9 nitrogen and oxygen atoms in total. The van der Waals surface area contributed by atoms with Gasteiger partial charge in [-0.15, -0.1) is 0 Å². The van der Waals surface area contributed by atoms with Crippen molar-refractivity contribution in [1.82, 2.24) is 4.98 Å². The van der Waals surface area contributed by atoms with E-state index in [-0.39, 0.29) is 24.3 Å². The number of fused-ring (bicyclic) bond motifs is 4. The van der Waals surface area contributed by atoms with Crippen molar-refractivity contribution in [3.05, 3.63) is 54.2 Å². The van der Waals surface area contributed by atoms with Crippen LogP contribution in [0.3, 0.4) is 0 Å². The molecule has 1 aliphatic carbocycles. The Morgan fingerprint density at radius 1 is 1.03 bits per heavy atom. The number of H-pyrrole nitrogens is 1. The predicted octanol–water partition coefficient (Wildman–Crippen LogP) is 1.99. The van der Waals surface area contributed by atoms with E-state index in [1.807, 2.05) is 48.5 Å². The van der Waals surface area contributed by atoms with Crippen molar-refractivity contribution in [1.29, 1.82) is 0 Å². The van der Waals surface area contributed by atoms with Gasteiger partial charge in [-0.2, -0.15) is 0 Å². The molecule has 4 aromatic rings. The number of aromatic nitrogens is 1. The highest BCUT2D eigenvalue weighted by Crippen LogP contribution is 2.46. The van der Waals surface area contributed by atoms with Crippen LogP contribution in [0.15, 0.2) is 48.5 Å². The van der Waals surface area contributed by atoms with Crippen LogP contribution in [0.4, 0.5) is 0 Å². The summed E-state index contributed by atoms with van der Waals surface area (Å²) < 4.78 is 11.1. The molecule has 6 rings (SSSR count). The number of aliphatic hydroxyl groups excluding tert-OH is 3. The van der Waals surface area contributed by atoms with Gasteiger partial charge in [0.15, 0.2) is 11.9 Å². The van der Waals surface area contributed by atoms with Crippen LogP contribution in [0.5, 0.6) is 5.75 Å². The lowest BCUT2D eigenvalue weighted by Crippen LogP contribution is -2.60. The average molecular weight is 494 g/mol. The number of aliphatic hydroxyl groups is 5. The van der Waals surface area contributed by atoms with Crippen LogP contribution in [0.2, 0.25) is 0 Å². The number of esters is 1. The predicted molar refractivity (Wildman–Crippen MR) is 130 cm³/mol. The first-order valence-corrected chi connectivity index (χ1v) is 12.0. The first-order chi connectivity index (χ1) is 17.3. The van der Waals surface area contributed by atoms with Gasteiger partial charge in [-0.05, 0) is 52.6 Å². The molecule has 2 aliphatic rings. The van der Waals surface area contributed by atoms with Crippen LogP contribution >= 0.6 is 0 Å². The molecule has 1 aromatic heterocycles. The Morgan fingerprint density at radius 3 is 2.42 bits per heavy atom. The van der Waals surface area contributed by atoms with Crippen LogP contribution in [0, 0.1) is 0 Å². The molecule has 6 N–H and O–H groups in total. The standard InChI is InChI=1S/C27H27NO8/c29-13-19-22(20-17-12-15-6-2-1-5-14(15)11-16(17)7-8-18(20)28-19)35-25(32)23-21(30)24(31)27(34,36-23)26(33)9-3-4-10-26/h1-2,5-8,11-12,21,23-24,28-31,33-34H,3-4,9-10,13H2. The Labute approximate surface area is 205 Å². The second-order valence-corrected chi connectivity index (χ2v) is 9.83. The number of rotatable bonds is 4. The lowest BCUT2D eigenvalue weighted by molar-refractivity contribution is -0.313. The minimum Gasteiger partial charge on any atom is -0.422 e. The quantitative estimate of drug-likeness (QED) is 0.186. The summed E-state index contributed by atoms with van der Waals surface area (Å²) in [6.45, 7) is -0.452. The zero-order valence-electron chi connectivity index (χ0n) is 19.3. The van der Waals surface area contributed by atoms with E-state index in [1.165, 1.54) is 0 Å². The maximum absolute atomic E-state index is 13.2. The van der Waals surface area contributed by atoms with Crippen molar-refractivity contribution < 1.29 is 39.8 Å². The summed E-state index contributed by atoms with van der Waals surface area (Å²) in [4.78, 5) is 16.3. The van der Waals surface area contributed by atoms with E-state index in [1.54, 1.807) is 0 Å². The fourth-order valence-electron chi connectivity index (χ4n) is 5.74. The summed E-state index contributed by atoms with van der Waals surface area (Å²) in [5.41, 5.74) is -0.914. The highest BCUT2D eigenvalue weighted by atomic mass is 16.7. The van der Waals surface area contributed by atoms with Crippen LogP contribution in [-0.2, 0) is 16.1 Å². The number of hydrogen-bond donors (Lipinski definition) is 6. The van der Waals surface area contributed by atoms with E-state index in [0.29, 0.717) is 23.7 Å². The molecule has 0 amide bonds. The average Bonchev–Trinajstić information content (AvgIpc) is 3.55. The van der Waals surface area contributed by atoms with Crippen molar-refractivity contribution in [2.45, 2.75) is 62.0 Å². The Morgan fingerprint density at radius 2 is 1.72 bits per heavy atom. The number of hydrogen-bond acceptors (Lipinski definition) is 8. The van der Waals surface area contributed by atoms with Gasteiger partial charge in [-0.1, -0.05) is 43.2 Å². The molecular formula is C27H27NO8. The molecular weight excluding hydrogens is 466 g/mol. The molecule has 9 heteroatoms. The molecule has 0 bridgehead atoms. The third-order valence-corrected chi connectivity index (χ3v) is 7.70. The summed E-state index contributed by atoms with van der Waals surface area (Å²) >= 11 is 0. The van der Waals surface area contributed by atoms with E-state index in [9.17, 15) is 30.3 Å². The lowest BCUT2D eigenvalue weighted by atomic mass is 9.86. The zero-order valence-corrected chi connectivity index (χ0v) is 19.3. The van der Waals surface area contributed by atoms with Crippen molar-refractivity contribution in [3.8, 4) is 5.75 Å². The molecule has 0 spiro atoms. The van der Waals surface area contributed by atoms with Crippen molar-refractivity contribution in [2.24, 2.45) is 0 Å². The van der Waals surface area contributed by atoms with E-state index in [4.69, 9.17) is 9.47 Å². The Balaban J connectivity index is 1.41. The fourth-order valence-corrected chi connectivity index (χ4v) is 5.74. The molecule has 2 fully saturated rings. The Hall–Kier alpha value is -3.05. The van der Waals surface area contributed by atoms with E-state index < -0.39 is 42.3 Å². The maximum atomic E-state index is 13.2. The summed E-state index contributed by atoms with van der Waals surface area (Å²) in [7, 11) is 0. The monoisotopic (exact) mass is 493 g/mol. The summed E-state index contributed by atoms with van der Waals surface area (Å²) in [6, 6.07) is 15.6. The van der Waals surface area contributed by atoms with Gasteiger partial charge >= 0.3 is 5.97 Å². The minimum atomic E-state index is -2.52. The van der Waals surface area contributed by atoms with Gasteiger partial charge in [-0.3, -0.25) is 0 Å². The van der Waals surface area contributed by atoms with Gasteiger partial charge in [0.2, 0.25) is 5.79 Å². The van der Waals surface area contributed by atoms with Crippen LogP contribution in [-0.4, -0.2) is 66.2 Å². The van der Waals surface area contributed by atoms with Gasteiger partial charge in [0.05, 0.1) is 23.2 Å². The molecule has 3 aromatic carbocycles. The number of ether oxygens (including phenoxy) is 2. The van der Waals surface area contributed by atoms with Crippen molar-refractivity contribution in [3.63, 3.8) is 0 Å². The van der Waals surface area contributed by atoms with Gasteiger partial charge in [0.25, 0.3) is 0 Å². The topological polar surface area (TPSA) is 152 Å². The highest BCUT2D eigenvalue weighted by molar-refractivity contribution is 6.14. The summed E-state index contributed by atoms with van der Waals surface area (Å²) in [6.07, 6.45) is -3.95. The van der Waals surface area contributed by atoms with Crippen molar-refractivity contribution in [2.75, 3.05) is 0 Å². The SMILES string of the molecule is O=C(Oc1c(CO)[nH]c2ccc3cc4ccccc4cc3c12)C1OC(O)(C2(O)CCCC2)C(O)C1O. The zero-order chi connectivity index (χ0) is 25.2. The summed E-state index contributed by atoms with van der Waals surface area (Å²) in [5.74, 6) is -3.51. The molecule has 2 heterocycles. The van der Waals surface area contributed by atoms with E-state index in [2.05, 4.69) is 4.98 Å². The van der Waals surface area contributed by atoms with E-state index in [0.717, 1.165) is 21.5 Å².